The van der Waals surface area contributed by atoms with Crippen molar-refractivity contribution in [2.45, 2.75) is 51.1 Å². The molecule has 10 nitrogen and oxygen atoms in total. The maximum atomic E-state index is 12.8. The summed E-state index contributed by atoms with van der Waals surface area (Å²) in [4.78, 5) is 25.9. The van der Waals surface area contributed by atoms with E-state index in [-0.39, 0.29) is 24.2 Å². The second kappa shape index (κ2) is 14.9. The summed E-state index contributed by atoms with van der Waals surface area (Å²) >= 11 is 0. The average Bonchev–Trinajstić information content (AvgIpc) is 2.76. The van der Waals surface area contributed by atoms with Gasteiger partial charge in [0.2, 0.25) is 5.91 Å². The lowest BCUT2D eigenvalue weighted by Gasteiger charge is -2.43. The molecule has 0 aliphatic carbocycles. The minimum atomic E-state index is -0.866. The SMILES string of the molecule is CN1CCCNCC2(C)CNCCCNCC1(NC(=O)CCCC(=O)O)CNCCCNC2. The van der Waals surface area contributed by atoms with E-state index in [1.807, 2.05) is 0 Å². The predicted molar refractivity (Wildman–Crippen MR) is 131 cm³/mol. The molecule has 2 rings (SSSR count). The Labute approximate surface area is 199 Å². The van der Waals surface area contributed by atoms with Crippen molar-refractivity contribution in [2.24, 2.45) is 5.41 Å². The van der Waals surface area contributed by atoms with Gasteiger partial charge < -0.3 is 37.0 Å². The summed E-state index contributed by atoms with van der Waals surface area (Å²) in [5.41, 5.74) is -0.420. The third-order valence-corrected chi connectivity index (χ3v) is 6.65. The highest BCUT2D eigenvalue weighted by Gasteiger charge is 2.35. The third-order valence-electron chi connectivity index (χ3n) is 6.65. The van der Waals surface area contributed by atoms with Crippen LogP contribution in [-0.2, 0) is 9.59 Å². The van der Waals surface area contributed by atoms with Crippen LogP contribution in [0.2, 0.25) is 0 Å². The number of rotatable bonds is 5. The molecule has 192 valence electrons. The highest BCUT2D eigenvalue weighted by Crippen LogP contribution is 2.15. The van der Waals surface area contributed by atoms with Crippen molar-refractivity contribution in [2.75, 3.05) is 79.0 Å². The maximum absolute atomic E-state index is 12.8. The molecule has 2 bridgehead atoms. The summed E-state index contributed by atoms with van der Waals surface area (Å²) in [6.45, 7) is 11.9. The van der Waals surface area contributed by atoms with Crippen molar-refractivity contribution in [3.8, 4) is 0 Å². The van der Waals surface area contributed by atoms with Gasteiger partial charge in [-0.15, -0.1) is 0 Å². The second-order valence-electron chi connectivity index (χ2n) is 10.0. The molecule has 1 amide bonds. The molecular formula is C23H47N7O3. The number of carbonyl (C=O) groups excluding carboxylic acids is 1. The van der Waals surface area contributed by atoms with Crippen LogP contribution in [0, 0.1) is 5.41 Å². The number of nitrogens with zero attached hydrogens (tertiary/aromatic N) is 1. The Morgan fingerprint density at radius 1 is 0.818 bits per heavy atom. The molecule has 7 N–H and O–H groups in total. The van der Waals surface area contributed by atoms with E-state index in [2.05, 4.69) is 50.8 Å². The fraction of sp³-hybridized carbons (Fsp3) is 0.913. The predicted octanol–water partition coefficient (Wildman–Crippen LogP) is -0.863. The van der Waals surface area contributed by atoms with E-state index in [1.165, 1.54) is 0 Å². The Hall–Kier alpha value is -1.30. The van der Waals surface area contributed by atoms with E-state index in [9.17, 15) is 9.59 Å². The summed E-state index contributed by atoms with van der Waals surface area (Å²) in [6.07, 6.45) is 3.58. The number of hydrogen-bond acceptors (Lipinski definition) is 8. The van der Waals surface area contributed by atoms with E-state index in [0.29, 0.717) is 19.5 Å². The van der Waals surface area contributed by atoms with Gasteiger partial charge in [-0.25, -0.2) is 0 Å². The number of aliphatic carboxylic acids is 1. The van der Waals surface area contributed by atoms with Gasteiger partial charge in [0.05, 0.1) is 0 Å². The van der Waals surface area contributed by atoms with Crippen LogP contribution in [0.15, 0.2) is 0 Å². The number of carboxylic acids is 1. The molecule has 2 fully saturated rings. The molecule has 0 spiro atoms. The molecule has 0 aromatic heterocycles. The van der Waals surface area contributed by atoms with Crippen molar-refractivity contribution in [1.29, 1.82) is 0 Å². The summed E-state index contributed by atoms with van der Waals surface area (Å²) in [5, 5.41) is 30.2. The zero-order valence-corrected chi connectivity index (χ0v) is 20.7. The van der Waals surface area contributed by atoms with Crippen molar-refractivity contribution in [3.63, 3.8) is 0 Å². The zero-order valence-electron chi connectivity index (χ0n) is 20.7. The summed E-state index contributed by atoms with van der Waals surface area (Å²) in [5.74, 6) is -0.963. The van der Waals surface area contributed by atoms with Crippen LogP contribution >= 0.6 is 0 Å². The molecule has 0 aromatic rings. The number of nitrogens with one attached hydrogen (secondary N) is 6. The van der Waals surface area contributed by atoms with Crippen LogP contribution in [0.5, 0.6) is 0 Å². The van der Waals surface area contributed by atoms with Gasteiger partial charge >= 0.3 is 5.97 Å². The van der Waals surface area contributed by atoms with Gasteiger partial charge in [-0.05, 0) is 65.5 Å². The van der Waals surface area contributed by atoms with Gasteiger partial charge in [0.25, 0.3) is 0 Å². The highest BCUT2D eigenvalue weighted by molar-refractivity contribution is 5.77. The van der Waals surface area contributed by atoms with Crippen molar-refractivity contribution < 1.29 is 14.7 Å². The molecule has 10 heteroatoms. The van der Waals surface area contributed by atoms with Gasteiger partial charge in [-0.1, -0.05) is 6.92 Å². The minimum absolute atomic E-state index is 0.0113. The lowest BCUT2D eigenvalue weighted by molar-refractivity contribution is -0.137. The lowest BCUT2D eigenvalue weighted by atomic mass is 9.90. The second-order valence-corrected chi connectivity index (χ2v) is 10.0. The minimum Gasteiger partial charge on any atom is -0.481 e. The van der Waals surface area contributed by atoms with Crippen LogP contribution in [-0.4, -0.2) is 107 Å². The van der Waals surface area contributed by atoms with E-state index in [1.54, 1.807) is 0 Å². The van der Waals surface area contributed by atoms with Crippen LogP contribution in [0.4, 0.5) is 0 Å². The van der Waals surface area contributed by atoms with Crippen molar-refractivity contribution in [3.05, 3.63) is 0 Å². The summed E-state index contributed by atoms with van der Waals surface area (Å²) in [6, 6.07) is 0. The third kappa shape index (κ3) is 10.7. The molecule has 0 radical (unpaired) electrons. The van der Waals surface area contributed by atoms with E-state index in [0.717, 1.165) is 78.2 Å². The number of likely N-dealkylation sites (N-methyl/N-ethyl adjacent to an activating group) is 1. The number of hydrogen-bond donors (Lipinski definition) is 7. The van der Waals surface area contributed by atoms with Gasteiger partial charge in [0.15, 0.2) is 0 Å². The zero-order chi connectivity index (χ0) is 24.0. The van der Waals surface area contributed by atoms with Gasteiger partial charge in [-0.3, -0.25) is 14.5 Å². The normalized spacial score (nSPS) is 29.9. The molecule has 2 aliphatic rings. The lowest BCUT2D eigenvalue weighted by Crippen LogP contribution is -2.69. The van der Waals surface area contributed by atoms with Gasteiger partial charge in [0, 0.05) is 57.5 Å². The van der Waals surface area contributed by atoms with Crippen LogP contribution in [0.3, 0.4) is 0 Å². The molecular weight excluding hydrogens is 422 g/mol. The molecule has 2 saturated heterocycles. The number of amides is 1. The topological polar surface area (TPSA) is 130 Å². The average molecular weight is 470 g/mol. The standard InChI is InChI=1S/C23H47N7O3/c1-22-15-24-9-4-11-27-18-23(19-28-12-5-10-25-16-22,30(2)14-6-13-26-17-22)29-20(31)7-3-8-21(32)33/h24-28H,3-19H2,1-2H3,(H,29,31)(H,32,33). The molecule has 2 heterocycles. The van der Waals surface area contributed by atoms with Gasteiger partial charge in [0.1, 0.15) is 5.66 Å². The Morgan fingerprint density at radius 3 is 1.82 bits per heavy atom. The Kier molecular flexibility index (Phi) is 12.6. The first kappa shape index (κ1) is 27.9. The number of carbonyl (C=O) groups is 2. The van der Waals surface area contributed by atoms with E-state index in [4.69, 9.17) is 5.11 Å². The molecule has 0 atom stereocenters. The molecule has 0 saturated carbocycles. The number of carboxylic acid groups (broad SMARTS) is 1. The Bertz CT molecular complexity index is 572. The maximum Gasteiger partial charge on any atom is 0.303 e. The van der Waals surface area contributed by atoms with Crippen LogP contribution in [0.25, 0.3) is 0 Å². The van der Waals surface area contributed by atoms with Crippen LogP contribution in [0.1, 0.15) is 45.4 Å². The van der Waals surface area contributed by atoms with Gasteiger partial charge in [-0.2, -0.15) is 0 Å². The van der Waals surface area contributed by atoms with Crippen molar-refractivity contribution in [1.82, 2.24) is 36.8 Å². The number of fused-ring (bicyclic) bond motifs is 7. The van der Waals surface area contributed by atoms with Crippen molar-refractivity contribution >= 4 is 11.9 Å². The quantitative estimate of drug-likeness (QED) is 0.275. The van der Waals surface area contributed by atoms with E-state index < -0.39 is 11.6 Å². The fourth-order valence-corrected chi connectivity index (χ4v) is 4.52. The first-order valence-corrected chi connectivity index (χ1v) is 12.6. The monoisotopic (exact) mass is 469 g/mol. The Balaban J connectivity index is 2.17. The molecule has 33 heavy (non-hydrogen) atoms. The fourth-order valence-electron chi connectivity index (χ4n) is 4.52. The summed E-state index contributed by atoms with van der Waals surface area (Å²) < 4.78 is 0. The smallest absolute Gasteiger partial charge is 0.303 e. The first-order valence-electron chi connectivity index (χ1n) is 12.6. The Morgan fingerprint density at radius 2 is 1.30 bits per heavy atom. The summed E-state index contributed by atoms with van der Waals surface area (Å²) in [7, 11) is 2.07. The highest BCUT2D eigenvalue weighted by atomic mass is 16.4. The molecule has 2 aliphatic heterocycles. The van der Waals surface area contributed by atoms with E-state index >= 15 is 0 Å². The molecule has 0 unspecified atom stereocenters. The first-order chi connectivity index (χ1) is 15.9. The van der Waals surface area contributed by atoms with Crippen LogP contribution < -0.4 is 31.9 Å². The largest absolute Gasteiger partial charge is 0.481 e. The molecule has 0 aromatic carbocycles.